The monoisotopic (exact) mass is 277 g/mol. The van der Waals surface area contributed by atoms with E-state index in [1.54, 1.807) is 4.57 Å². The maximum Gasteiger partial charge on any atom is 0.264 e. The number of hydrogen-bond donors (Lipinski definition) is 4. The van der Waals surface area contributed by atoms with Gasteiger partial charge in [-0.15, -0.1) is 0 Å². The number of rotatable bonds is 5. The molecular weight excluding hydrogens is 262 g/mol. The fraction of sp³-hybridized carbons (Fsp3) is 0.273. The Labute approximate surface area is 114 Å². The highest BCUT2D eigenvalue weighted by Gasteiger charge is 2.14. The van der Waals surface area contributed by atoms with Gasteiger partial charge in [0, 0.05) is 19.2 Å². The van der Waals surface area contributed by atoms with Crippen LogP contribution >= 0.6 is 0 Å². The number of aliphatic hydroxyl groups excluding tert-OH is 1. The molecule has 0 saturated carbocycles. The summed E-state index contributed by atoms with van der Waals surface area (Å²) in [5.74, 6) is -0.133. The predicted molar refractivity (Wildman–Crippen MR) is 72.8 cm³/mol. The number of hydrogen-bond acceptors (Lipinski definition) is 7. The zero-order valence-electron chi connectivity index (χ0n) is 10.7. The molecule has 2 rings (SSSR count). The standard InChI is InChI=1S/C11H15N7O2/c12-6(10(14)20)4-7-17-8-9(13)15-5-16-11(8)18(7)2-1-3-19/h4-5,19H,1-3,12H2,(H2,14,20)(H2,13,15,16)/b6-4-. The van der Waals surface area contributed by atoms with Gasteiger partial charge in [0.1, 0.15) is 17.8 Å². The zero-order valence-corrected chi connectivity index (χ0v) is 10.7. The first-order valence-corrected chi connectivity index (χ1v) is 5.89. The van der Waals surface area contributed by atoms with Crippen molar-refractivity contribution in [1.29, 1.82) is 0 Å². The second-order valence-corrected chi connectivity index (χ2v) is 4.09. The number of nitrogens with two attached hydrogens (primary N) is 3. The van der Waals surface area contributed by atoms with Crippen LogP contribution in [0.2, 0.25) is 0 Å². The smallest absolute Gasteiger partial charge is 0.264 e. The Morgan fingerprint density at radius 3 is 2.80 bits per heavy atom. The molecule has 0 aliphatic heterocycles. The highest BCUT2D eigenvalue weighted by Crippen LogP contribution is 2.19. The third-order valence-corrected chi connectivity index (χ3v) is 2.70. The van der Waals surface area contributed by atoms with Crippen molar-refractivity contribution in [3.8, 4) is 0 Å². The van der Waals surface area contributed by atoms with Crippen molar-refractivity contribution in [3.05, 3.63) is 17.8 Å². The van der Waals surface area contributed by atoms with Crippen molar-refractivity contribution in [2.24, 2.45) is 11.5 Å². The van der Waals surface area contributed by atoms with Crippen LogP contribution in [0, 0.1) is 0 Å². The summed E-state index contributed by atoms with van der Waals surface area (Å²) < 4.78 is 1.69. The molecule has 0 aliphatic carbocycles. The first kappa shape index (κ1) is 13.7. The lowest BCUT2D eigenvalue weighted by Gasteiger charge is -2.05. The molecule has 0 bridgehead atoms. The normalized spacial score (nSPS) is 11.9. The third-order valence-electron chi connectivity index (χ3n) is 2.70. The summed E-state index contributed by atoms with van der Waals surface area (Å²) in [5, 5.41) is 8.95. The van der Waals surface area contributed by atoms with E-state index in [-0.39, 0.29) is 18.1 Å². The summed E-state index contributed by atoms with van der Waals surface area (Å²) >= 11 is 0. The van der Waals surface area contributed by atoms with Crippen LogP contribution in [0.3, 0.4) is 0 Å². The van der Waals surface area contributed by atoms with Gasteiger partial charge in [-0.25, -0.2) is 15.0 Å². The molecule has 1 amide bonds. The summed E-state index contributed by atoms with van der Waals surface area (Å²) in [7, 11) is 0. The van der Waals surface area contributed by atoms with Crippen LogP contribution < -0.4 is 17.2 Å². The van der Waals surface area contributed by atoms with E-state index in [1.807, 2.05) is 0 Å². The minimum atomic E-state index is -0.746. The van der Waals surface area contributed by atoms with Crippen molar-refractivity contribution < 1.29 is 9.90 Å². The van der Waals surface area contributed by atoms with Crippen molar-refractivity contribution in [1.82, 2.24) is 19.5 Å². The Bertz CT molecular complexity index is 677. The predicted octanol–water partition coefficient (Wildman–Crippen LogP) is -1.42. The average Bonchev–Trinajstić information content (AvgIpc) is 2.75. The van der Waals surface area contributed by atoms with Crippen LogP contribution in [0.15, 0.2) is 12.0 Å². The quantitative estimate of drug-likeness (QED) is 0.488. The average molecular weight is 277 g/mol. The highest BCUT2D eigenvalue weighted by atomic mass is 16.3. The van der Waals surface area contributed by atoms with E-state index in [2.05, 4.69) is 15.0 Å². The van der Waals surface area contributed by atoms with Gasteiger partial charge < -0.3 is 26.9 Å². The topological polar surface area (TPSA) is 159 Å². The van der Waals surface area contributed by atoms with Crippen LogP contribution in [0.1, 0.15) is 12.2 Å². The number of aryl methyl sites for hydroxylation is 1. The number of primary amides is 1. The Morgan fingerprint density at radius 2 is 2.15 bits per heavy atom. The largest absolute Gasteiger partial charge is 0.396 e. The van der Waals surface area contributed by atoms with Crippen LogP contribution in [0.4, 0.5) is 5.82 Å². The summed E-state index contributed by atoms with van der Waals surface area (Å²) in [5.41, 5.74) is 17.1. The molecule has 0 spiro atoms. The molecule has 20 heavy (non-hydrogen) atoms. The summed E-state index contributed by atoms with van der Waals surface area (Å²) in [6.07, 6.45) is 3.16. The van der Waals surface area contributed by atoms with Crippen LogP contribution in [-0.4, -0.2) is 37.1 Å². The van der Waals surface area contributed by atoms with E-state index in [0.717, 1.165) is 0 Å². The molecule has 9 nitrogen and oxygen atoms in total. The van der Waals surface area contributed by atoms with Gasteiger partial charge in [-0.3, -0.25) is 4.79 Å². The maximum atomic E-state index is 11.0. The first-order valence-electron chi connectivity index (χ1n) is 5.89. The minimum Gasteiger partial charge on any atom is -0.396 e. The van der Waals surface area contributed by atoms with Gasteiger partial charge in [-0.05, 0) is 6.42 Å². The van der Waals surface area contributed by atoms with Gasteiger partial charge in [0.25, 0.3) is 5.91 Å². The summed E-state index contributed by atoms with van der Waals surface area (Å²) in [6, 6.07) is 0. The molecule has 0 unspecified atom stereocenters. The molecule has 2 aromatic heterocycles. The molecule has 0 atom stereocenters. The van der Waals surface area contributed by atoms with Crippen LogP contribution in [0.5, 0.6) is 0 Å². The number of carbonyl (C=O) groups is 1. The lowest BCUT2D eigenvalue weighted by molar-refractivity contribution is -0.114. The number of imidazole rings is 1. The lowest BCUT2D eigenvalue weighted by atomic mass is 10.3. The fourth-order valence-corrected chi connectivity index (χ4v) is 1.74. The summed E-state index contributed by atoms with van der Waals surface area (Å²) in [6.45, 7) is 0.454. The SMILES string of the molecule is NC(=O)/C(N)=C/c1nc2c(N)ncnc2n1CCCO. The van der Waals surface area contributed by atoms with Gasteiger partial charge in [0.15, 0.2) is 17.0 Å². The van der Waals surface area contributed by atoms with Gasteiger partial charge in [0.05, 0.1) is 0 Å². The third kappa shape index (κ3) is 2.52. The molecule has 0 radical (unpaired) electrons. The van der Waals surface area contributed by atoms with E-state index in [0.29, 0.717) is 30.0 Å². The van der Waals surface area contributed by atoms with Crippen molar-refractivity contribution >= 4 is 29.0 Å². The number of carbonyl (C=O) groups excluding carboxylic acids is 1. The van der Waals surface area contributed by atoms with E-state index in [1.165, 1.54) is 12.4 Å². The molecule has 2 heterocycles. The van der Waals surface area contributed by atoms with Gasteiger partial charge in [-0.2, -0.15) is 0 Å². The summed E-state index contributed by atoms with van der Waals surface area (Å²) in [4.78, 5) is 23.2. The minimum absolute atomic E-state index is 0.00863. The molecule has 7 N–H and O–H groups in total. The van der Waals surface area contributed by atoms with Gasteiger partial charge in [0.2, 0.25) is 0 Å². The van der Waals surface area contributed by atoms with E-state index in [4.69, 9.17) is 22.3 Å². The molecular formula is C11H15N7O2. The number of aromatic nitrogens is 4. The van der Waals surface area contributed by atoms with Gasteiger partial charge >= 0.3 is 0 Å². The van der Waals surface area contributed by atoms with Crippen molar-refractivity contribution in [2.75, 3.05) is 12.3 Å². The van der Waals surface area contributed by atoms with Crippen molar-refractivity contribution in [3.63, 3.8) is 0 Å². The van der Waals surface area contributed by atoms with Crippen LogP contribution in [0.25, 0.3) is 17.2 Å². The van der Waals surface area contributed by atoms with E-state index < -0.39 is 5.91 Å². The second-order valence-electron chi connectivity index (χ2n) is 4.09. The molecule has 0 aromatic carbocycles. The Kier molecular flexibility index (Phi) is 3.80. The molecule has 106 valence electrons. The van der Waals surface area contributed by atoms with E-state index >= 15 is 0 Å². The van der Waals surface area contributed by atoms with Gasteiger partial charge in [-0.1, -0.05) is 0 Å². The molecule has 9 heteroatoms. The van der Waals surface area contributed by atoms with E-state index in [9.17, 15) is 4.79 Å². The second kappa shape index (κ2) is 5.53. The lowest BCUT2D eigenvalue weighted by Crippen LogP contribution is -2.20. The Morgan fingerprint density at radius 1 is 1.40 bits per heavy atom. The molecule has 0 fully saturated rings. The Balaban J connectivity index is 2.60. The number of anilines is 1. The number of nitrogens with zero attached hydrogens (tertiary/aromatic N) is 4. The first-order chi connectivity index (χ1) is 9.54. The Hall–Kier alpha value is -2.68. The number of amides is 1. The number of aliphatic hydroxyl groups is 1. The van der Waals surface area contributed by atoms with Crippen LogP contribution in [-0.2, 0) is 11.3 Å². The number of fused-ring (bicyclic) bond motifs is 1. The molecule has 2 aromatic rings. The maximum absolute atomic E-state index is 11.0. The zero-order chi connectivity index (χ0) is 14.7. The molecule has 0 saturated heterocycles. The van der Waals surface area contributed by atoms with Crippen molar-refractivity contribution in [2.45, 2.75) is 13.0 Å². The highest BCUT2D eigenvalue weighted by molar-refractivity contribution is 5.95. The molecule has 0 aliphatic rings. The fourth-order valence-electron chi connectivity index (χ4n) is 1.74. The number of nitrogen functional groups attached to an aromatic ring is 1.